The number of alkyl halides is 4. The maximum Gasteiger partial charge on any atom is 0.316 e. The van der Waals surface area contributed by atoms with Crippen molar-refractivity contribution < 1.29 is 31.5 Å². The standard InChI is InChI=1S/C24H22F5N5O2/c1-23(26,27)13-36-22-32-11-15(12-33-22)21(35)34-20-16(19-17(25)3-2-9-30-19)6-10-31-18(20)14-4-7-24(28,29)8-5-14/h2-3,6,9-12,14H,4-5,7-8,13H2,1H3,(H,34,35). The number of nitrogens with one attached hydrogen (secondary N) is 1. The van der Waals surface area contributed by atoms with Gasteiger partial charge in [-0.3, -0.25) is 14.8 Å². The highest BCUT2D eigenvalue weighted by Crippen LogP contribution is 2.44. The monoisotopic (exact) mass is 507 g/mol. The molecule has 12 heteroatoms. The van der Waals surface area contributed by atoms with E-state index in [1.165, 1.54) is 30.6 Å². The summed E-state index contributed by atoms with van der Waals surface area (Å²) >= 11 is 0. The maximum atomic E-state index is 14.6. The summed E-state index contributed by atoms with van der Waals surface area (Å²) in [5.41, 5.74) is 0.629. The van der Waals surface area contributed by atoms with Crippen molar-refractivity contribution in [2.75, 3.05) is 11.9 Å². The third-order valence-electron chi connectivity index (χ3n) is 5.68. The summed E-state index contributed by atoms with van der Waals surface area (Å²) < 4.78 is 72.9. The van der Waals surface area contributed by atoms with Crippen LogP contribution in [0.1, 0.15) is 54.6 Å². The predicted octanol–water partition coefficient (Wildman–Crippen LogP) is 5.65. The van der Waals surface area contributed by atoms with Crippen LogP contribution < -0.4 is 10.1 Å². The van der Waals surface area contributed by atoms with Crippen LogP contribution in [0.5, 0.6) is 6.01 Å². The predicted molar refractivity (Wildman–Crippen MR) is 120 cm³/mol. The molecule has 190 valence electrons. The molecule has 4 rings (SSSR count). The van der Waals surface area contributed by atoms with E-state index in [1.54, 1.807) is 0 Å². The summed E-state index contributed by atoms with van der Waals surface area (Å²) in [6, 6.07) is 3.76. The van der Waals surface area contributed by atoms with Gasteiger partial charge < -0.3 is 10.1 Å². The molecule has 36 heavy (non-hydrogen) atoms. The zero-order valence-corrected chi connectivity index (χ0v) is 19.1. The number of anilines is 1. The zero-order valence-electron chi connectivity index (χ0n) is 19.1. The van der Waals surface area contributed by atoms with Gasteiger partial charge in [0, 0.05) is 56.0 Å². The first-order valence-corrected chi connectivity index (χ1v) is 11.1. The number of hydrogen-bond acceptors (Lipinski definition) is 6. The smallest absolute Gasteiger partial charge is 0.316 e. The molecular weight excluding hydrogens is 485 g/mol. The lowest BCUT2D eigenvalue weighted by Gasteiger charge is -2.29. The van der Waals surface area contributed by atoms with Crippen LogP contribution in [0.3, 0.4) is 0 Å². The number of ether oxygens (including phenoxy) is 1. The Morgan fingerprint density at radius 2 is 1.81 bits per heavy atom. The minimum absolute atomic E-state index is 0.0389. The third-order valence-corrected chi connectivity index (χ3v) is 5.68. The van der Waals surface area contributed by atoms with Gasteiger partial charge in [0.15, 0.2) is 6.61 Å². The molecule has 3 aromatic heterocycles. The highest BCUT2D eigenvalue weighted by Gasteiger charge is 2.37. The Morgan fingerprint density at radius 3 is 2.44 bits per heavy atom. The number of pyridine rings is 2. The van der Waals surface area contributed by atoms with Gasteiger partial charge in [-0.15, -0.1) is 0 Å². The second-order valence-electron chi connectivity index (χ2n) is 8.65. The first-order chi connectivity index (χ1) is 17.0. The Balaban J connectivity index is 1.65. The quantitative estimate of drug-likeness (QED) is 0.416. The summed E-state index contributed by atoms with van der Waals surface area (Å²) in [6.45, 7) is -0.257. The molecule has 1 aliphatic rings. The van der Waals surface area contributed by atoms with Crippen molar-refractivity contribution in [3.05, 3.63) is 60.1 Å². The summed E-state index contributed by atoms with van der Waals surface area (Å²) in [5.74, 6) is -7.59. The largest absolute Gasteiger partial charge is 0.457 e. The van der Waals surface area contributed by atoms with E-state index in [0.717, 1.165) is 12.4 Å². The number of rotatable bonds is 7. The topological polar surface area (TPSA) is 89.9 Å². The van der Waals surface area contributed by atoms with Crippen molar-refractivity contribution in [1.29, 1.82) is 0 Å². The summed E-state index contributed by atoms with van der Waals surface area (Å²) in [5, 5.41) is 2.68. The number of hydrogen-bond donors (Lipinski definition) is 1. The first-order valence-electron chi connectivity index (χ1n) is 11.1. The van der Waals surface area contributed by atoms with E-state index in [9.17, 15) is 26.7 Å². The number of halogens is 5. The van der Waals surface area contributed by atoms with Gasteiger partial charge in [0.1, 0.15) is 11.5 Å². The van der Waals surface area contributed by atoms with Crippen LogP contribution in [-0.4, -0.2) is 44.3 Å². The second kappa shape index (κ2) is 10.1. The molecule has 0 aromatic carbocycles. The third kappa shape index (κ3) is 6.10. The lowest BCUT2D eigenvalue weighted by Crippen LogP contribution is -2.25. The molecule has 1 saturated carbocycles. The first kappa shape index (κ1) is 25.4. The van der Waals surface area contributed by atoms with E-state index in [4.69, 9.17) is 4.74 Å². The van der Waals surface area contributed by atoms with Crippen molar-refractivity contribution in [1.82, 2.24) is 19.9 Å². The molecule has 0 bridgehead atoms. The molecule has 1 aliphatic carbocycles. The van der Waals surface area contributed by atoms with Gasteiger partial charge in [0.25, 0.3) is 11.8 Å². The Bertz CT molecular complexity index is 1220. The maximum absolute atomic E-state index is 14.6. The fourth-order valence-electron chi connectivity index (χ4n) is 3.90. The van der Waals surface area contributed by atoms with E-state index < -0.39 is 36.1 Å². The van der Waals surface area contributed by atoms with Gasteiger partial charge in [-0.25, -0.2) is 31.9 Å². The van der Waals surface area contributed by atoms with Crippen LogP contribution in [0.15, 0.2) is 43.0 Å². The van der Waals surface area contributed by atoms with Crippen molar-refractivity contribution in [3.63, 3.8) is 0 Å². The highest BCUT2D eigenvalue weighted by molar-refractivity contribution is 6.06. The van der Waals surface area contributed by atoms with Crippen LogP contribution in [0.2, 0.25) is 0 Å². The number of nitrogens with zero attached hydrogens (tertiary/aromatic N) is 4. The average molecular weight is 507 g/mol. The SMILES string of the molecule is CC(F)(F)COc1ncc(C(=O)Nc2c(-c3ncccc3F)ccnc2C2CCC(F)(F)CC2)cn1. The summed E-state index contributed by atoms with van der Waals surface area (Å²) in [6.07, 6.45) is 4.58. The average Bonchev–Trinajstić information content (AvgIpc) is 2.83. The Kier molecular flexibility index (Phi) is 7.14. The molecular formula is C24H22F5N5O2. The summed E-state index contributed by atoms with van der Waals surface area (Å²) in [4.78, 5) is 29.0. The Hall–Kier alpha value is -3.70. The fourth-order valence-corrected chi connectivity index (χ4v) is 3.90. The van der Waals surface area contributed by atoms with Gasteiger partial charge >= 0.3 is 6.01 Å². The van der Waals surface area contributed by atoms with E-state index in [0.29, 0.717) is 12.6 Å². The molecule has 0 spiro atoms. The number of carbonyl (C=O) groups is 1. The zero-order chi connectivity index (χ0) is 25.9. The lowest BCUT2D eigenvalue weighted by molar-refractivity contribution is -0.0384. The van der Waals surface area contributed by atoms with Crippen molar-refractivity contribution in [2.24, 2.45) is 0 Å². The Morgan fingerprint density at radius 1 is 1.11 bits per heavy atom. The molecule has 3 heterocycles. The molecule has 1 N–H and O–H groups in total. The Labute approximate surface area is 203 Å². The fraction of sp³-hybridized carbons (Fsp3) is 0.375. The van der Waals surface area contributed by atoms with Crippen LogP contribution in [0.4, 0.5) is 27.6 Å². The van der Waals surface area contributed by atoms with Gasteiger partial charge in [-0.2, -0.15) is 0 Å². The van der Waals surface area contributed by atoms with Gasteiger partial charge in [-0.1, -0.05) is 0 Å². The van der Waals surface area contributed by atoms with E-state index in [1.807, 2.05) is 0 Å². The van der Waals surface area contributed by atoms with E-state index >= 15 is 0 Å². The van der Waals surface area contributed by atoms with E-state index in [2.05, 4.69) is 25.3 Å². The summed E-state index contributed by atoms with van der Waals surface area (Å²) in [7, 11) is 0. The molecule has 0 radical (unpaired) electrons. The number of carbonyl (C=O) groups excluding carboxylic acids is 1. The van der Waals surface area contributed by atoms with E-state index in [-0.39, 0.29) is 54.2 Å². The molecule has 0 atom stereocenters. The minimum atomic E-state index is -3.09. The van der Waals surface area contributed by atoms with Crippen molar-refractivity contribution in [3.8, 4) is 17.3 Å². The highest BCUT2D eigenvalue weighted by atomic mass is 19.3. The van der Waals surface area contributed by atoms with Gasteiger partial charge in [-0.05, 0) is 31.0 Å². The van der Waals surface area contributed by atoms with Crippen LogP contribution in [-0.2, 0) is 0 Å². The van der Waals surface area contributed by atoms with Crippen molar-refractivity contribution >= 4 is 11.6 Å². The van der Waals surface area contributed by atoms with Gasteiger partial charge in [0.2, 0.25) is 5.92 Å². The van der Waals surface area contributed by atoms with Crippen LogP contribution in [0, 0.1) is 5.82 Å². The number of amides is 1. The van der Waals surface area contributed by atoms with Gasteiger partial charge in [0.05, 0.1) is 16.9 Å². The lowest BCUT2D eigenvalue weighted by atomic mass is 9.83. The number of aromatic nitrogens is 4. The molecule has 0 saturated heterocycles. The van der Waals surface area contributed by atoms with Crippen molar-refractivity contribution in [2.45, 2.75) is 50.4 Å². The molecule has 1 fully saturated rings. The molecule has 1 amide bonds. The minimum Gasteiger partial charge on any atom is -0.457 e. The molecule has 0 aliphatic heterocycles. The molecule has 7 nitrogen and oxygen atoms in total. The normalized spacial score (nSPS) is 15.9. The second-order valence-corrected chi connectivity index (χ2v) is 8.65. The van der Waals surface area contributed by atoms with Crippen LogP contribution in [0.25, 0.3) is 11.3 Å². The molecule has 3 aromatic rings. The molecule has 0 unspecified atom stereocenters. The van der Waals surface area contributed by atoms with Crippen LogP contribution >= 0.6 is 0 Å².